The van der Waals surface area contributed by atoms with Crippen LogP contribution in [0, 0.1) is 0 Å². The van der Waals surface area contributed by atoms with Crippen LogP contribution in [0.2, 0.25) is 0 Å². The fourth-order valence-corrected chi connectivity index (χ4v) is 0.844. The van der Waals surface area contributed by atoms with Crippen molar-refractivity contribution in [1.82, 2.24) is 10.6 Å². The molecule has 0 aromatic rings. The molecular weight excluding hydrogens is 132 g/mol. The number of carbonyl (C=O) groups is 1. The molecule has 1 heterocycles. The van der Waals surface area contributed by atoms with E-state index in [4.69, 9.17) is 4.74 Å². The number of nitrogens with one attached hydrogen (secondary N) is 2. The molecule has 1 rings (SSSR count). The van der Waals surface area contributed by atoms with Crippen molar-refractivity contribution in [2.45, 2.75) is 13.0 Å². The first-order chi connectivity index (χ1) is 4.79. The minimum atomic E-state index is -0.00417. The van der Waals surface area contributed by atoms with Crippen LogP contribution < -0.4 is 10.6 Å². The van der Waals surface area contributed by atoms with E-state index in [1.807, 2.05) is 0 Å². The fraction of sp³-hybridized carbons (Fsp3) is 0.833. The predicted molar refractivity (Wildman–Crippen MR) is 36.4 cm³/mol. The van der Waals surface area contributed by atoms with E-state index >= 15 is 0 Å². The third-order valence-electron chi connectivity index (χ3n) is 1.37. The van der Waals surface area contributed by atoms with Crippen LogP contribution in [0.15, 0.2) is 0 Å². The van der Waals surface area contributed by atoms with E-state index in [9.17, 15) is 4.79 Å². The van der Waals surface area contributed by atoms with Gasteiger partial charge in [0, 0.05) is 20.0 Å². The summed E-state index contributed by atoms with van der Waals surface area (Å²) in [6.45, 7) is 3.55. The van der Waals surface area contributed by atoms with E-state index < -0.39 is 0 Å². The van der Waals surface area contributed by atoms with Crippen LogP contribution in [0.1, 0.15) is 6.92 Å². The van der Waals surface area contributed by atoms with Crippen molar-refractivity contribution in [1.29, 1.82) is 0 Å². The van der Waals surface area contributed by atoms with Crippen LogP contribution in [0.4, 0.5) is 0 Å². The van der Waals surface area contributed by atoms with Crippen LogP contribution in [-0.4, -0.2) is 31.8 Å². The lowest BCUT2D eigenvalue weighted by molar-refractivity contribution is -0.119. The van der Waals surface area contributed by atoms with Crippen LogP contribution in [0.5, 0.6) is 0 Å². The summed E-state index contributed by atoms with van der Waals surface area (Å²) in [4.78, 5) is 10.4. The number of amides is 1. The lowest BCUT2D eigenvalue weighted by Gasteiger charge is -2.07. The molecule has 0 aromatic heterocycles. The molecule has 58 valence electrons. The van der Waals surface area contributed by atoms with Crippen LogP contribution in [0.3, 0.4) is 0 Å². The third kappa shape index (κ3) is 2.33. The largest absolute Gasteiger partial charge is 0.360 e. The molecule has 0 spiro atoms. The van der Waals surface area contributed by atoms with Gasteiger partial charge in [-0.05, 0) is 0 Å². The normalized spacial score (nSPS) is 24.7. The Kier molecular flexibility index (Phi) is 2.65. The molecule has 1 unspecified atom stereocenters. The Labute approximate surface area is 59.9 Å². The van der Waals surface area contributed by atoms with Crippen molar-refractivity contribution in [3.05, 3.63) is 0 Å². The molecule has 0 aromatic carbocycles. The molecule has 1 aliphatic heterocycles. The second-order valence-electron chi connectivity index (χ2n) is 2.32. The number of hydrogen-bond acceptors (Lipinski definition) is 3. The Morgan fingerprint density at radius 1 is 1.90 bits per heavy atom. The average molecular weight is 144 g/mol. The Bertz CT molecular complexity index is 121. The van der Waals surface area contributed by atoms with Gasteiger partial charge in [0.1, 0.15) is 0 Å². The average Bonchev–Trinajstić information content (AvgIpc) is 2.34. The summed E-state index contributed by atoms with van der Waals surface area (Å²) in [6.07, 6.45) is 0.156. The first-order valence-electron chi connectivity index (χ1n) is 3.36. The van der Waals surface area contributed by atoms with Gasteiger partial charge in [0.2, 0.25) is 5.91 Å². The summed E-state index contributed by atoms with van der Waals surface area (Å²) >= 11 is 0. The quantitative estimate of drug-likeness (QED) is 0.526. The van der Waals surface area contributed by atoms with Crippen molar-refractivity contribution in [3.8, 4) is 0 Å². The van der Waals surface area contributed by atoms with Crippen molar-refractivity contribution in [2.75, 3.05) is 19.8 Å². The minimum absolute atomic E-state index is 0.00417. The summed E-state index contributed by atoms with van der Waals surface area (Å²) in [5.41, 5.74) is 0. The molecule has 4 nitrogen and oxygen atoms in total. The molecule has 1 fully saturated rings. The van der Waals surface area contributed by atoms with E-state index in [-0.39, 0.29) is 12.0 Å². The minimum Gasteiger partial charge on any atom is -0.360 e. The van der Waals surface area contributed by atoms with Gasteiger partial charge in [-0.25, -0.2) is 0 Å². The van der Waals surface area contributed by atoms with E-state index in [2.05, 4.69) is 10.6 Å². The maximum atomic E-state index is 10.4. The van der Waals surface area contributed by atoms with Gasteiger partial charge in [-0.2, -0.15) is 0 Å². The van der Waals surface area contributed by atoms with Crippen molar-refractivity contribution in [2.24, 2.45) is 0 Å². The van der Waals surface area contributed by atoms with Gasteiger partial charge < -0.3 is 10.1 Å². The predicted octanol–water partition coefficient (Wildman–Crippen LogP) is -0.932. The van der Waals surface area contributed by atoms with Crippen molar-refractivity contribution < 1.29 is 9.53 Å². The lowest BCUT2D eigenvalue weighted by atomic mass is 10.3. The highest BCUT2D eigenvalue weighted by atomic mass is 16.5. The topological polar surface area (TPSA) is 50.4 Å². The van der Waals surface area contributed by atoms with Gasteiger partial charge in [-0.15, -0.1) is 0 Å². The van der Waals surface area contributed by atoms with Gasteiger partial charge in [-0.3, -0.25) is 10.1 Å². The molecule has 0 bridgehead atoms. The Balaban J connectivity index is 2.07. The lowest BCUT2D eigenvalue weighted by Crippen LogP contribution is -2.32. The number of carbonyl (C=O) groups excluding carboxylic acids is 1. The maximum absolute atomic E-state index is 10.4. The summed E-state index contributed by atoms with van der Waals surface area (Å²) < 4.78 is 5.18. The SMILES string of the molecule is CC(=O)NCC1CNCO1. The van der Waals surface area contributed by atoms with Gasteiger partial charge in [0.15, 0.2) is 0 Å². The summed E-state index contributed by atoms with van der Waals surface area (Å²) in [6, 6.07) is 0. The van der Waals surface area contributed by atoms with Crippen molar-refractivity contribution >= 4 is 5.91 Å². The number of ether oxygens (including phenoxy) is 1. The van der Waals surface area contributed by atoms with Gasteiger partial charge >= 0.3 is 0 Å². The fourth-order valence-electron chi connectivity index (χ4n) is 0.844. The monoisotopic (exact) mass is 144 g/mol. The highest BCUT2D eigenvalue weighted by molar-refractivity contribution is 5.72. The van der Waals surface area contributed by atoms with Crippen molar-refractivity contribution in [3.63, 3.8) is 0 Å². The second-order valence-corrected chi connectivity index (χ2v) is 2.32. The molecule has 10 heavy (non-hydrogen) atoms. The van der Waals surface area contributed by atoms with Crippen LogP contribution in [0.25, 0.3) is 0 Å². The molecule has 4 heteroatoms. The molecule has 0 saturated carbocycles. The summed E-state index contributed by atoms with van der Waals surface area (Å²) in [5.74, 6) is -0.00417. The first kappa shape index (κ1) is 7.50. The summed E-state index contributed by atoms with van der Waals surface area (Å²) in [7, 11) is 0. The zero-order valence-electron chi connectivity index (χ0n) is 6.02. The van der Waals surface area contributed by atoms with Gasteiger partial charge in [0.05, 0.1) is 12.8 Å². The zero-order valence-corrected chi connectivity index (χ0v) is 6.02. The van der Waals surface area contributed by atoms with E-state index in [1.54, 1.807) is 0 Å². The van der Waals surface area contributed by atoms with E-state index in [0.717, 1.165) is 6.54 Å². The highest BCUT2D eigenvalue weighted by Gasteiger charge is 2.13. The standard InChI is InChI=1S/C6H12N2O2/c1-5(9)8-3-6-2-7-4-10-6/h6-7H,2-4H2,1H3,(H,8,9). The molecule has 0 aliphatic carbocycles. The number of hydrogen-bond donors (Lipinski definition) is 2. The van der Waals surface area contributed by atoms with Gasteiger partial charge in [0.25, 0.3) is 0 Å². The van der Waals surface area contributed by atoms with E-state index in [1.165, 1.54) is 6.92 Å². The van der Waals surface area contributed by atoms with E-state index in [0.29, 0.717) is 13.3 Å². The molecule has 1 atom stereocenters. The molecule has 1 amide bonds. The Hall–Kier alpha value is -0.610. The smallest absolute Gasteiger partial charge is 0.216 e. The molecular formula is C6H12N2O2. The second kappa shape index (κ2) is 3.53. The molecule has 1 saturated heterocycles. The zero-order chi connectivity index (χ0) is 7.40. The Morgan fingerprint density at radius 3 is 3.20 bits per heavy atom. The highest BCUT2D eigenvalue weighted by Crippen LogP contribution is 1.93. The Morgan fingerprint density at radius 2 is 2.70 bits per heavy atom. The molecule has 1 aliphatic rings. The first-order valence-corrected chi connectivity index (χ1v) is 3.36. The van der Waals surface area contributed by atoms with Crippen LogP contribution in [-0.2, 0) is 9.53 Å². The summed E-state index contributed by atoms with van der Waals surface area (Å²) in [5, 5.41) is 5.71. The molecule has 2 N–H and O–H groups in total. The molecule has 0 radical (unpaired) electrons. The van der Waals surface area contributed by atoms with Gasteiger partial charge in [-0.1, -0.05) is 0 Å². The maximum Gasteiger partial charge on any atom is 0.216 e. The van der Waals surface area contributed by atoms with Crippen LogP contribution >= 0.6 is 0 Å². The third-order valence-corrected chi connectivity index (χ3v) is 1.37. The number of rotatable bonds is 2.